The fourth-order valence-electron chi connectivity index (χ4n) is 3.42. The number of carbonyl (C=O) groups excluding carboxylic acids is 2. The molecule has 3 N–H and O–H groups in total. The van der Waals surface area contributed by atoms with Crippen molar-refractivity contribution >= 4 is 46.4 Å². The second-order valence-corrected chi connectivity index (χ2v) is 9.38. The number of amides is 2. The van der Waals surface area contributed by atoms with Crippen molar-refractivity contribution in [3.63, 3.8) is 0 Å². The molecular formula is C21H19ClF3N7O3S. The smallest absolute Gasteiger partial charge is 0.391 e. The van der Waals surface area contributed by atoms with E-state index in [9.17, 15) is 27.9 Å². The van der Waals surface area contributed by atoms with Crippen molar-refractivity contribution < 1.29 is 27.9 Å². The van der Waals surface area contributed by atoms with Gasteiger partial charge < -0.3 is 20.6 Å². The number of aromatic nitrogens is 4. The van der Waals surface area contributed by atoms with Crippen molar-refractivity contribution in [2.75, 3.05) is 23.3 Å². The minimum absolute atomic E-state index is 0.105. The molecule has 3 aromatic rings. The molecule has 1 aliphatic rings. The van der Waals surface area contributed by atoms with Gasteiger partial charge in [-0.2, -0.15) is 13.2 Å². The number of thiazole rings is 1. The molecule has 4 rings (SSSR count). The molecule has 0 aliphatic carbocycles. The normalized spacial score (nSPS) is 16.6. The standard InChI is InChI=1S/C21H19ClF3N7O3S/c1-10(30-18(34)14-5-17(29-9-28-14)32-3-2-11(33)8-32)20-27-7-15(36-20)19(35)31-16-4-12(21(23,24)25)13(22)6-26-16/h4-7,9-11,33H,2-3,8H2,1H3,(H,30,34)(H,26,31,35)/t10-,11-/m1/s1. The number of aliphatic hydroxyl groups excluding tert-OH is 1. The molecule has 15 heteroatoms. The molecule has 2 atom stereocenters. The SMILES string of the molecule is C[C@@H](NC(=O)c1cc(N2CC[C@@H](O)C2)ncn1)c1ncc(C(=O)Nc2cc(C(F)(F)F)c(Cl)cn2)s1. The van der Waals surface area contributed by atoms with Gasteiger partial charge in [-0.3, -0.25) is 9.59 Å². The first-order chi connectivity index (χ1) is 17.0. The number of carbonyl (C=O) groups is 2. The van der Waals surface area contributed by atoms with Crippen LogP contribution in [0.15, 0.2) is 30.9 Å². The lowest BCUT2D eigenvalue weighted by molar-refractivity contribution is -0.137. The minimum atomic E-state index is -4.70. The quantitative estimate of drug-likeness (QED) is 0.433. The largest absolute Gasteiger partial charge is 0.418 e. The number of β-amino-alcohol motifs (C(OH)–C–C–N with tert-alkyl or cyclic N) is 1. The van der Waals surface area contributed by atoms with E-state index >= 15 is 0 Å². The predicted octanol–water partition coefficient (Wildman–Crippen LogP) is 3.31. The van der Waals surface area contributed by atoms with Crippen LogP contribution in [0.25, 0.3) is 0 Å². The highest BCUT2D eigenvalue weighted by Crippen LogP contribution is 2.35. The van der Waals surface area contributed by atoms with Gasteiger partial charge in [0.2, 0.25) is 0 Å². The Morgan fingerprint density at radius 3 is 2.67 bits per heavy atom. The summed E-state index contributed by atoms with van der Waals surface area (Å²) in [5, 5.41) is 14.5. The summed E-state index contributed by atoms with van der Waals surface area (Å²) < 4.78 is 39.1. The minimum Gasteiger partial charge on any atom is -0.391 e. The number of rotatable bonds is 6. The third kappa shape index (κ3) is 5.88. The second kappa shape index (κ2) is 10.3. The van der Waals surface area contributed by atoms with Crippen LogP contribution in [0.5, 0.6) is 0 Å². The summed E-state index contributed by atoms with van der Waals surface area (Å²) in [5.74, 6) is -0.999. The lowest BCUT2D eigenvalue weighted by Gasteiger charge is -2.17. The zero-order chi connectivity index (χ0) is 26.0. The van der Waals surface area contributed by atoms with Crippen LogP contribution >= 0.6 is 22.9 Å². The Hall–Kier alpha value is -3.36. The Morgan fingerprint density at radius 1 is 1.19 bits per heavy atom. The van der Waals surface area contributed by atoms with Crippen LogP contribution in [0.1, 0.15) is 50.1 Å². The first-order valence-electron chi connectivity index (χ1n) is 10.6. The number of hydrogen-bond acceptors (Lipinski definition) is 9. The van der Waals surface area contributed by atoms with Crippen molar-refractivity contribution in [1.82, 2.24) is 25.3 Å². The van der Waals surface area contributed by atoms with Crippen LogP contribution in [-0.2, 0) is 6.18 Å². The molecule has 1 fully saturated rings. The van der Waals surface area contributed by atoms with Crippen LogP contribution in [0, 0.1) is 0 Å². The van der Waals surface area contributed by atoms with Crippen molar-refractivity contribution in [2.24, 2.45) is 0 Å². The van der Waals surface area contributed by atoms with Crippen LogP contribution in [-0.4, -0.2) is 56.1 Å². The molecule has 3 aromatic heterocycles. The average molecular weight is 542 g/mol. The van der Waals surface area contributed by atoms with Gasteiger partial charge in [-0.15, -0.1) is 11.3 Å². The molecule has 0 aromatic carbocycles. The zero-order valence-corrected chi connectivity index (χ0v) is 20.2. The number of aliphatic hydroxyl groups is 1. The van der Waals surface area contributed by atoms with Crippen molar-refractivity contribution in [2.45, 2.75) is 31.7 Å². The number of halogens is 4. The number of pyridine rings is 1. The highest BCUT2D eigenvalue weighted by Gasteiger charge is 2.34. The van der Waals surface area contributed by atoms with E-state index in [0.717, 1.165) is 17.5 Å². The van der Waals surface area contributed by atoms with Gasteiger partial charge in [0, 0.05) is 25.4 Å². The molecule has 10 nitrogen and oxygen atoms in total. The fourth-order valence-corrected chi connectivity index (χ4v) is 4.45. The van der Waals surface area contributed by atoms with Gasteiger partial charge in [-0.25, -0.2) is 19.9 Å². The maximum atomic E-state index is 13.0. The topological polar surface area (TPSA) is 133 Å². The molecule has 0 spiro atoms. The van der Waals surface area contributed by atoms with Gasteiger partial charge in [0.1, 0.15) is 33.5 Å². The molecule has 0 bridgehead atoms. The summed E-state index contributed by atoms with van der Waals surface area (Å²) >= 11 is 6.51. The van der Waals surface area contributed by atoms with Crippen LogP contribution < -0.4 is 15.5 Å². The van der Waals surface area contributed by atoms with E-state index in [2.05, 4.69) is 30.6 Å². The second-order valence-electron chi connectivity index (χ2n) is 7.91. The summed E-state index contributed by atoms with van der Waals surface area (Å²) in [4.78, 5) is 43.2. The lowest BCUT2D eigenvalue weighted by Crippen LogP contribution is -2.28. The van der Waals surface area contributed by atoms with Crippen molar-refractivity contribution in [3.8, 4) is 0 Å². The van der Waals surface area contributed by atoms with E-state index in [1.807, 2.05) is 4.90 Å². The molecule has 36 heavy (non-hydrogen) atoms. The summed E-state index contributed by atoms with van der Waals surface area (Å²) in [5.41, 5.74) is -0.998. The van der Waals surface area contributed by atoms with Crippen molar-refractivity contribution in [1.29, 1.82) is 0 Å². The van der Waals surface area contributed by atoms with Gasteiger partial charge in [0.15, 0.2) is 0 Å². The molecule has 2 amide bonds. The van der Waals surface area contributed by atoms with E-state index in [1.54, 1.807) is 6.92 Å². The van der Waals surface area contributed by atoms with Gasteiger partial charge in [0.25, 0.3) is 11.8 Å². The average Bonchev–Trinajstić information content (AvgIpc) is 3.49. The first kappa shape index (κ1) is 25.7. The third-order valence-corrected chi connectivity index (χ3v) is 6.72. The number of hydrogen-bond donors (Lipinski definition) is 3. The Balaban J connectivity index is 1.40. The van der Waals surface area contributed by atoms with Crippen LogP contribution in [0.4, 0.5) is 24.8 Å². The Kier molecular flexibility index (Phi) is 7.38. The Morgan fingerprint density at radius 2 is 1.97 bits per heavy atom. The van der Waals surface area contributed by atoms with Gasteiger partial charge in [-0.05, 0) is 19.4 Å². The van der Waals surface area contributed by atoms with E-state index in [1.165, 1.54) is 18.6 Å². The van der Waals surface area contributed by atoms with Crippen LogP contribution in [0.3, 0.4) is 0 Å². The van der Waals surface area contributed by atoms with E-state index in [4.69, 9.17) is 11.6 Å². The molecule has 0 saturated carbocycles. The number of anilines is 2. The Bertz CT molecular complexity index is 1290. The highest BCUT2D eigenvalue weighted by atomic mass is 35.5. The summed E-state index contributed by atoms with van der Waals surface area (Å²) in [7, 11) is 0. The highest BCUT2D eigenvalue weighted by molar-refractivity contribution is 7.13. The Labute approximate surface area is 211 Å². The molecule has 1 saturated heterocycles. The predicted molar refractivity (Wildman–Crippen MR) is 125 cm³/mol. The van der Waals surface area contributed by atoms with Gasteiger partial charge in [0.05, 0.1) is 28.9 Å². The zero-order valence-electron chi connectivity index (χ0n) is 18.6. The third-order valence-electron chi connectivity index (χ3n) is 5.24. The summed E-state index contributed by atoms with van der Waals surface area (Å²) in [6.07, 6.45) is -1.22. The van der Waals surface area contributed by atoms with E-state index in [-0.39, 0.29) is 16.4 Å². The number of nitrogens with one attached hydrogen (secondary N) is 2. The van der Waals surface area contributed by atoms with E-state index < -0.39 is 40.7 Å². The lowest BCUT2D eigenvalue weighted by atomic mass is 10.2. The maximum absolute atomic E-state index is 13.0. The summed E-state index contributed by atoms with van der Waals surface area (Å²) in [6, 6.07) is 1.57. The molecule has 0 radical (unpaired) electrons. The number of nitrogens with zero attached hydrogens (tertiary/aromatic N) is 5. The van der Waals surface area contributed by atoms with Gasteiger partial charge in [-0.1, -0.05) is 11.6 Å². The molecule has 0 unspecified atom stereocenters. The first-order valence-corrected chi connectivity index (χ1v) is 11.8. The molecule has 4 heterocycles. The van der Waals surface area contributed by atoms with Crippen molar-refractivity contribution in [3.05, 3.63) is 57.0 Å². The van der Waals surface area contributed by atoms with Crippen LogP contribution in [0.2, 0.25) is 5.02 Å². The monoisotopic (exact) mass is 541 g/mol. The van der Waals surface area contributed by atoms with E-state index in [0.29, 0.717) is 36.4 Å². The maximum Gasteiger partial charge on any atom is 0.418 e. The van der Waals surface area contributed by atoms with Gasteiger partial charge >= 0.3 is 6.18 Å². The molecular weight excluding hydrogens is 523 g/mol. The molecule has 190 valence electrons. The summed E-state index contributed by atoms with van der Waals surface area (Å²) in [6.45, 7) is 2.69. The number of alkyl halides is 3. The fraction of sp³-hybridized carbons (Fsp3) is 0.333. The molecule has 1 aliphatic heterocycles.